The van der Waals surface area contributed by atoms with Gasteiger partial charge in [0.2, 0.25) is 0 Å². The van der Waals surface area contributed by atoms with Gasteiger partial charge in [0.1, 0.15) is 5.82 Å². The molecule has 2 unspecified atom stereocenters. The van der Waals surface area contributed by atoms with Crippen LogP contribution in [0.1, 0.15) is 36.6 Å². The van der Waals surface area contributed by atoms with Crippen molar-refractivity contribution in [2.45, 2.75) is 42.9 Å². The van der Waals surface area contributed by atoms with Crippen molar-refractivity contribution in [2.75, 3.05) is 13.1 Å². The first-order valence-corrected chi connectivity index (χ1v) is 12.5. The molecule has 4 rings (SSSR count). The molecule has 15 heteroatoms. The molecule has 0 amide bonds. The highest BCUT2D eigenvalue weighted by Crippen LogP contribution is 2.39. The molecule has 2 atom stereocenters. The van der Waals surface area contributed by atoms with Gasteiger partial charge in [-0.3, -0.25) is 14.7 Å². The van der Waals surface area contributed by atoms with E-state index in [4.69, 9.17) is 32.4 Å². The number of carbonyl (C=O) groups excluding carboxylic acids is 1. The van der Waals surface area contributed by atoms with Gasteiger partial charge in [0, 0.05) is 36.0 Å². The van der Waals surface area contributed by atoms with E-state index in [9.17, 15) is 35.5 Å². The van der Waals surface area contributed by atoms with Gasteiger partial charge in [-0.1, -0.05) is 24.3 Å². The van der Waals surface area contributed by atoms with E-state index < -0.39 is 30.3 Å². The largest absolute Gasteiger partial charge is 0.490 e. The molecule has 224 valence electrons. The van der Waals surface area contributed by atoms with Gasteiger partial charge in [0.15, 0.2) is 5.78 Å². The second-order valence-corrected chi connectivity index (χ2v) is 9.58. The molecule has 2 aromatic rings. The molecule has 1 aromatic heterocycles. The highest BCUT2D eigenvalue weighted by molar-refractivity contribution is 7.81. The number of hydrogen-bond acceptors (Lipinski definition) is 6. The zero-order chi connectivity index (χ0) is 31.0. The summed E-state index contributed by atoms with van der Waals surface area (Å²) >= 11 is 4.73. The number of nitrogens with zero attached hydrogens (tertiary/aromatic N) is 2. The van der Waals surface area contributed by atoms with Crippen molar-refractivity contribution in [2.24, 2.45) is 5.92 Å². The Balaban J connectivity index is 0.000000349. The standard InChI is InChI=1S/C22H23FN2OS.2C2HF3O2/c23-19-7-2-1-6-18(19)21(22(26)15-8-9-15)25-12-10-20(27)16(14-25)13-17-5-3-4-11-24-17;2*3-2(4,5)1(6)7/h1-7,11,13,15,20-21,27H,8-10,12,14H2;2*(H,6,7)/b16-13+;;. The van der Waals surface area contributed by atoms with Gasteiger partial charge in [-0.15, -0.1) is 0 Å². The van der Waals surface area contributed by atoms with E-state index in [2.05, 4.69) is 9.88 Å². The number of hydrogen-bond donors (Lipinski definition) is 3. The zero-order valence-corrected chi connectivity index (χ0v) is 22.0. The SMILES string of the molecule is O=C(C1CC1)C(c1ccccc1F)N1CCC(S)/C(=C/c2ccccn2)C1.O=C(O)C(F)(F)F.O=C(O)C(F)(F)F. The third kappa shape index (κ3) is 10.8. The fourth-order valence-electron chi connectivity index (χ4n) is 3.72. The van der Waals surface area contributed by atoms with Crippen molar-refractivity contribution in [3.05, 3.63) is 71.3 Å². The van der Waals surface area contributed by atoms with E-state index in [0.29, 0.717) is 12.1 Å². The van der Waals surface area contributed by atoms with Crippen molar-refractivity contribution in [1.29, 1.82) is 0 Å². The number of Topliss-reactive ketones (excluding diaryl/α,β-unsaturated/α-hetero) is 1. The molecule has 0 radical (unpaired) electrons. The average molecular weight is 611 g/mol. The first kappa shape index (κ1) is 33.7. The number of carboxylic acid groups (broad SMARTS) is 2. The van der Waals surface area contributed by atoms with E-state index in [0.717, 1.165) is 37.1 Å². The minimum atomic E-state index is -5.08. The highest BCUT2D eigenvalue weighted by atomic mass is 32.1. The fourth-order valence-corrected chi connectivity index (χ4v) is 4.00. The molecule has 0 spiro atoms. The van der Waals surface area contributed by atoms with Crippen molar-refractivity contribution in [3.8, 4) is 0 Å². The molecule has 2 aliphatic rings. The van der Waals surface area contributed by atoms with Crippen LogP contribution in [0.2, 0.25) is 0 Å². The molecule has 1 aromatic carbocycles. The number of benzene rings is 1. The lowest BCUT2D eigenvalue weighted by molar-refractivity contribution is -0.193. The Bertz CT molecular complexity index is 1210. The normalized spacial score (nSPS) is 19.2. The first-order valence-electron chi connectivity index (χ1n) is 11.9. The number of likely N-dealkylation sites (tertiary alicyclic amines) is 1. The van der Waals surface area contributed by atoms with Crippen LogP contribution in [0, 0.1) is 11.7 Å². The van der Waals surface area contributed by atoms with Crippen molar-refractivity contribution < 1.29 is 55.3 Å². The lowest BCUT2D eigenvalue weighted by Gasteiger charge is -2.37. The molecule has 1 saturated heterocycles. The molecule has 1 saturated carbocycles. The predicted molar refractivity (Wildman–Crippen MR) is 135 cm³/mol. The van der Waals surface area contributed by atoms with Crippen LogP contribution in [0.5, 0.6) is 0 Å². The molecular formula is C26H25F7N2O5S. The van der Waals surface area contributed by atoms with E-state index >= 15 is 0 Å². The average Bonchev–Trinajstić information content (AvgIpc) is 3.73. The highest BCUT2D eigenvalue weighted by Gasteiger charge is 2.41. The molecule has 2 N–H and O–H groups in total. The Kier molecular flexibility index (Phi) is 11.9. The van der Waals surface area contributed by atoms with E-state index in [-0.39, 0.29) is 22.8 Å². The minimum Gasteiger partial charge on any atom is -0.475 e. The summed E-state index contributed by atoms with van der Waals surface area (Å²) < 4.78 is 78.0. The molecule has 1 aliphatic heterocycles. The maximum Gasteiger partial charge on any atom is 0.490 e. The third-order valence-electron chi connectivity index (χ3n) is 5.82. The van der Waals surface area contributed by atoms with Gasteiger partial charge in [0.25, 0.3) is 0 Å². The second-order valence-electron chi connectivity index (χ2n) is 8.96. The number of alkyl halides is 6. The number of carboxylic acids is 2. The number of aromatic nitrogens is 1. The Morgan fingerprint density at radius 1 is 0.927 bits per heavy atom. The maximum absolute atomic E-state index is 14.5. The van der Waals surface area contributed by atoms with Gasteiger partial charge in [-0.2, -0.15) is 39.0 Å². The van der Waals surface area contributed by atoms with Gasteiger partial charge in [-0.05, 0) is 49.1 Å². The van der Waals surface area contributed by atoms with E-state index in [1.54, 1.807) is 18.3 Å². The quantitative estimate of drug-likeness (QED) is 0.299. The molecule has 1 aliphatic carbocycles. The summed E-state index contributed by atoms with van der Waals surface area (Å²) in [6.45, 7) is 1.33. The van der Waals surface area contributed by atoms with E-state index in [1.165, 1.54) is 6.07 Å². The molecule has 41 heavy (non-hydrogen) atoms. The van der Waals surface area contributed by atoms with Crippen LogP contribution in [-0.4, -0.2) is 68.5 Å². The Morgan fingerprint density at radius 3 is 1.93 bits per heavy atom. The molecular weight excluding hydrogens is 585 g/mol. The van der Waals surface area contributed by atoms with Crippen LogP contribution in [-0.2, 0) is 14.4 Å². The molecule has 2 fully saturated rings. The van der Waals surface area contributed by atoms with Gasteiger partial charge >= 0.3 is 24.3 Å². The zero-order valence-electron chi connectivity index (χ0n) is 21.1. The number of rotatable bonds is 5. The van der Waals surface area contributed by atoms with Crippen molar-refractivity contribution in [3.63, 3.8) is 0 Å². The van der Waals surface area contributed by atoms with Crippen molar-refractivity contribution >= 4 is 36.4 Å². The second kappa shape index (κ2) is 14.4. The Labute approximate surface area is 235 Å². The summed E-state index contributed by atoms with van der Waals surface area (Å²) in [5.74, 6) is -5.60. The van der Waals surface area contributed by atoms with Crippen LogP contribution >= 0.6 is 12.6 Å². The lowest BCUT2D eigenvalue weighted by atomic mass is 9.93. The first-order chi connectivity index (χ1) is 19.0. The topological polar surface area (TPSA) is 108 Å². The number of piperidine rings is 1. The minimum absolute atomic E-state index is 0.0755. The van der Waals surface area contributed by atoms with Crippen LogP contribution in [0.25, 0.3) is 6.08 Å². The van der Waals surface area contributed by atoms with Crippen LogP contribution in [0.4, 0.5) is 30.7 Å². The summed E-state index contributed by atoms with van der Waals surface area (Å²) in [6.07, 6.45) is -3.69. The van der Waals surface area contributed by atoms with E-state index in [1.807, 2.05) is 30.3 Å². The smallest absolute Gasteiger partial charge is 0.475 e. The number of carbonyl (C=O) groups is 3. The summed E-state index contributed by atoms with van der Waals surface area (Å²) in [5, 5.41) is 14.4. The van der Waals surface area contributed by atoms with Gasteiger partial charge in [0.05, 0.1) is 11.7 Å². The Hall–Kier alpha value is -3.46. The predicted octanol–water partition coefficient (Wildman–Crippen LogP) is 5.60. The summed E-state index contributed by atoms with van der Waals surface area (Å²) in [4.78, 5) is 37.3. The number of pyridine rings is 1. The summed E-state index contributed by atoms with van der Waals surface area (Å²) in [5.41, 5.74) is 2.49. The maximum atomic E-state index is 14.5. The molecule has 0 bridgehead atoms. The molecule has 2 heterocycles. The number of ketones is 1. The number of aliphatic carboxylic acids is 2. The van der Waals surface area contributed by atoms with Crippen molar-refractivity contribution in [1.82, 2.24) is 9.88 Å². The molecule has 7 nitrogen and oxygen atoms in total. The van der Waals surface area contributed by atoms with Gasteiger partial charge < -0.3 is 10.2 Å². The number of halogens is 7. The van der Waals surface area contributed by atoms with Gasteiger partial charge in [-0.25, -0.2) is 14.0 Å². The monoisotopic (exact) mass is 610 g/mol. The third-order valence-corrected chi connectivity index (χ3v) is 6.41. The Morgan fingerprint density at radius 2 is 1.46 bits per heavy atom. The van der Waals surface area contributed by atoms with Crippen LogP contribution in [0.15, 0.2) is 54.2 Å². The number of thiol groups is 1. The van der Waals surface area contributed by atoms with Crippen LogP contribution < -0.4 is 0 Å². The summed E-state index contributed by atoms with van der Waals surface area (Å²) in [7, 11) is 0. The summed E-state index contributed by atoms with van der Waals surface area (Å²) in [6, 6.07) is 11.9. The lowest BCUT2D eigenvalue weighted by Crippen LogP contribution is -2.42. The fraction of sp³-hybridized carbons (Fsp3) is 0.385. The van der Waals surface area contributed by atoms with Crippen LogP contribution in [0.3, 0.4) is 0 Å².